The Hall–Kier alpha value is -2.13. The van der Waals surface area contributed by atoms with Gasteiger partial charge in [-0.1, -0.05) is 42.5 Å². The monoisotopic (exact) mass is 307 g/mol. The molecule has 2 aromatic rings. The van der Waals surface area contributed by atoms with E-state index in [2.05, 4.69) is 24.4 Å². The number of carbonyl (C=O) groups is 1. The van der Waals surface area contributed by atoms with Crippen LogP contribution in [0.25, 0.3) is 11.1 Å². The lowest BCUT2D eigenvalue weighted by Crippen LogP contribution is -2.53. The van der Waals surface area contributed by atoms with Gasteiger partial charge in [-0.05, 0) is 42.5 Å². The second kappa shape index (κ2) is 5.82. The number of rotatable bonds is 3. The van der Waals surface area contributed by atoms with Crippen LogP contribution in [-0.4, -0.2) is 24.7 Å². The Balaban J connectivity index is 1.59. The highest BCUT2D eigenvalue weighted by Gasteiger charge is 2.45. The van der Waals surface area contributed by atoms with E-state index in [0.29, 0.717) is 12.0 Å². The van der Waals surface area contributed by atoms with Crippen molar-refractivity contribution in [1.82, 2.24) is 5.32 Å². The van der Waals surface area contributed by atoms with Crippen molar-refractivity contribution in [3.63, 3.8) is 0 Å². The van der Waals surface area contributed by atoms with Crippen LogP contribution < -0.4 is 5.32 Å². The number of carbonyl (C=O) groups excluding carboxylic acids is 1. The molecule has 0 unspecified atom stereocenters. The Morgan fingerprint density at radius 1 is 1.09 bits per heavy atom. The third-order valence-corrected chi connectivity index (χ3v) is 5.19. The van der Waals surface area contributed by atoms with Gasteiger partial charge in [0.05, 0.1) is 6.10 Å². The maximum atomic E-state index is 12.8. The van der Waals surface area contributed by atoms with Crippen LogP contribution in [0.1, 0.15) is 28.8 Å². The Morgan fingerprint density at radius 2 is 1.83 bits per heavy atom. The molecule has 23 heavy (non-hydrogen) atoms. The second-order valence-electron chi connectivity index (χ2n) is 6.54. The second-order valence-corrected chi connectivity index (χ2v) is 6.54. The summed E-state index contributed by atoms with van der Waals surface area (Å²) in [6.45, 7) is 2.91. The van der Waals surface area contributed by atoms with Crippen LogP contribution in [0.4, 0.5) is 0 Å². The summed E-state index contributed by atoms with van der Waals surface area (Å²) in [6, 6.07) is 16.3. The molecule has 0 radical (unpaired) electrons. The van der Waals surface area contributed by atoms with E-state index in [1.165, 1.54) is 5.56 Å². The van der Waals surface area contributed by atoms with Crippen LogP contribution in [0.3, 0.4) is 0 Å². The average molecular weight is 307 g/mol. The molecule has 1 saturated heterocycles. The van der Waals surface area contributed by atoms with Gasteiger partial charge in [0.1, 0.15) is 0 Å². The topological polar surface area (TPSA) is 38.3 Å². The van der Waals surface area contributed by atoms with Gasteiger partial charge in [-0.3, -0.25) is 4.79 Å². The number of hydrogen-bond acceptors (Lipinski definition) is 2. The Morgan fingerprint density at radius 3 is 2.61 bits per heavy atom. The summed E-state index contributed by atoms with van der Waals surface area (Å²) >= 11 is 0. The first-order valence-corrected chi connectivity index (χ1v) is 8.31. The molecule has 2 fully saturated rings. The van der Waals surface area contributed by atoms with Crippen molar-refractivity contribution in [3.8, 4) is 11.1 Å². The lowest BCUT2D eigenvalue weighted by Gasteiger charge is -2.39. The first kappa shape index (κ1) is 14.5. The number of ether oxygens (including phenoxy) is 1. The summed E-state index contributed by atoms with van der Waals surface area (Å²) in [5.41, 5.74) is 4.06. The Labute approximate surface area is 136 Å². The molecule has 118 valence electrons. The molecule has 3 nitrogen and oxygen atoms in total. The minimum atomic E-state index is 0.0270. The summed E-state index contributed by atoms with van der Waals surface area (Å²) in [5, 5.41) is 3.21. The summed E-state index contributed by atoms with van der Waals surface area (Å²) in [6.07, 6.45) is 2.38. The molecule has 1 N–H and O–H groups in total. The number of amides is 1. The predicted molar refractivity (Wildman–Crippen MR) is 90.3 cm³/mol. The van der Waals surface area contributed by atoms with Gasteiger partial charge in [0.25, 0.3) is 5.91 Å². The maximum absolute atomic E-state index is 12.8. The predicted octanol–water partition coefficient (Wildman–Crippen LogP) is 3.57. The van der Waals surface area contributed by atoms with Crippen LogP contribution in [0.5, 0.6) is 0 Å². The summed E-state index contributed by atoms with van der Waals surface area (Å²) in [7, 11) is 0. The van der Waals surface area contributed by atoms with E-state index in [-0.39, 0.29) is 11.9 Å². The molecule has 0 bridgehead atoms. The highest BCUT2D eigenvalue weighted by atomic mass is 16.5. The average Bonchev–Trinajstić information content (AvgIpc) is 2.94. The zero-order valence-electron chi connectivity index (χ0n) is 13.3. The zero-order valence-corrected chi connectivity index (χ0v) is 13.3. The Kier molecular flexibility index (Phi) is 3.66. The highest BCUT2D eigenvalue weighted by Crippen LogP contribution is 2.39. The third kappa shape index (κ3) is 2.55. The number of fused-ring (bicyclic) bond motifs is 1. The summed E-state index contributed by atoms with van der Waals surface area (Å²) in [4.78, 5) is 12.8. The number of benzene rings is 2. The van der Waals surface area contributed by atoms with Crippen molar-refractivity contribution < 1.29 is 9.53 Å². The molecule has 4 rings (SSSR count). The highest BCUT2D eigenvalue weighted by molar-refractivity contribution is 6.01. The van der Waals surface area contributed by atoms with E-state index in [4.69, 9.17) is 4.74 Å². The van der Waals surface area contributed by atoms with Crippen LogP contribution in [0.2, 0.25) is 0 Å². The molecule has 3 heteroatoms. The fraction of sp³-hybridized carbons (Fsp3) is 0.350. The lowest BCUT2D eigenvalue weighted by atomic mass is 9.76. The van der Waals surface area contributed by atoms with Crippen molar-refractivity contribution >= 4 is 5.91 Å². The fourth-order valence-electron chi connectivity index (χ4n) is 3.80. The van der Waals surface area contributed by atoms with Crippen molar-refractivity contribution in [2.45, 2.75) is 31.9 Å². The Bertz CT molecular complexity index is 740. The van der Waals surface area contributed by atoms with E-state index >= 15 is 0 Å². The van der Waals surface area contributed by atoms with E-state index in [0.717, 1.165) is 36.1 Å². The van der Waals surface area contributed by atoms with Crippen molar-refractivity contribution in [2.75, 3.05) is 6.61 Å². The molecular formula is C20H21NO2. The van der Waals surface area contributed by atoms with Gasteiger partial charge in [-0.2, -0.15) is 0 Å². The third-order valence-electron chi connectivity index (χ3n) is 5.19. The van der Waals surface area contributed by atoms with Crippen molar-refractivity contribution in [3.05, 3.63) is 59.7 Å². The molecule has 1 aliphatic carbocycles. The first-order valence-electron chi connectivity index (χ1n) is 8.31. The van der Waals surface area contributed by atoms with E-state index in [1.54, 1.807) is 0 Å². The molecule has 1 heterocycles. The van der Waals surface area contributed by atoms with Gasteiger partial charge >= 0.3 is 0 Å². The van der Waals surface area contributed by atoms with Crippen LogP contribution in [-0.2, 0) is 4.74 Å². The lowest BCUT2D eigenvalue weighted by molar-refractivity contribution is 0.00811. The molecule has 1 amide bonds. The maximum Gasteiger partial charge on any atom is 0.252 e. The van der Waals surface area contributed by atoms with Crippen LogP contribution in [0.15, 0.2) is 48.5 Å². The quantitative estimate of drug-likeness (QED) is 0.941. The van der Waals surface area contributed by atoms with E-state index < -0.39 is 0 Å². The largest absolute Gasteiger partial charge is 0.378 e. The minimum absolute atomic E-state index is 0.0270. The minimum Gasteiger partial charge on any atom is -0.378 e. The van der Waals surface area contributed by atoms with Crippen LogP contribution >= 0.6 is 0 Å². The van der Waals surface area contributed by atoms with Gasteiger partial charge < -0.3 is 10.1 Å². The standard InChI is InChI=1S/C20H21NO2/c1-13-6-2-3-7-14(13)15-8-4-5-9-16(15)20(22)21-18-12-19-17(18)10-11-23-19/h2-9,17-19H,10-12H2,1H3,(H,21,22)/t17-,18-,19+/m0/s1. The fourth-order valence-corrected chi connectivity index (χ4v) is 3.80. The van der Waals surface area contributed by atoms with Gasteiger partial charge in [0, 0.05) is 24.1 Å². The SMILES string of the molecule is Cc1ccccc1-c1ccccc1C(=O)N[C@H]1C[C@H]2OCC[C@@H]12. The smallest absolute Gasteiger partial charge is 0.252 e. The zero-order chi connectivity index (χ0) is 15.8. The molecule has 3 atom stereocenters. The molecule has 2 aliphatic rings. The molecule has 2 aromatic carbocycles. The normalized spacial score (nSPS) is 25.5. The summed E-state index contributed by atoms with van der Waals surface area (Å²) < 4.78 is 5.63. The molecular weight excluding hydrogens is 286 g/mol. The number of hydrogen-bond donors (Lipinski definition) is 1. The van der Waals surface area contributed by atoms with Crippen LogP contribution in [0, 0.1) is 12.8 Å². The molecule has 1 saturated carbocycles. The first-order chi connectivity index (χ1) is 11.2. The van der Waals surface area contributed by atoms with Gasteiger partial charge in [-0.15, -0.1) is 0 Å². The summed E-state index contributed by atoms with van der Waals surface area (Å²) in [5.74, 6) is 0.531. The van der Waals surface area contributed by atoms with Gasteiger partial charge in [0.2, 0.25) is 0 Å². The van der Waals surface area contributed by atoms with E-state index in [1.807, 2.05) is 36.4 Å². The number of nitrogens with one attached hydrogen (secondary N) is 1. The molecule has 0 aromatic heterocycles. The van der Waals surface area contributed by atoms with Crippen molar-refractivity contribution in [1.29, 1.82) is 0 Å². The van der Waals surface area contributed by atoms with Gasteiger partial charge in [-0.25, -0.2) is 0 Å². The number of aryl methyl sites for hydroxylation is 1. The van der Waals surface area contributed by atoms with Crippen molar-refractivity contribution in [2.24, 2.45) is 5.92 Å². The van der Waals surface area contributed by atoms with E-state index in [9.17, 15) is 4.79 Å². The van der Waals surface area contributed by atoms with Gasteiger partial charge in [0.15, 0.2) is 0 Å². The molecule has 0 spiro atoms. The molecule has 1 aliphatic heterocycles.